The van der Waals surface area contributed by atoms with Crippen molar-refractivity contribution in [3.05, 3.63) is 41.7 Å². The van der Waals surface area contributed by atoms with Crippen molar-refractivity contribution in [2.75, 3.05) is 13.2 Å². The van der Waals surface area contributed by atoms with Gasteiger partial charge in [0.2, 0.25) is 0 Å². The van der Waals surface area contributed by atoms with Gasteiger partial charge >= 0.3 is 0 Å². The molecular weight excluding hydrogens is 266 g/mol. The summed E-state index contributed by atoms with van der Waals surface area (Å²) in [5, 5.41) is 0. The molecule has 0 amide bonds. The SMILES string of the molecule is [B-][P+](/C=C(/CCCC)c1ccccc1)(OCC)OCC. The van der Waals surface area contributed by atoms with Gasteiger partial charge in [0, 0.05) is 7.59 Å². The monoisotopic (exact) mass is 291 g/mol. The van der Waals surface area contributed by atoms with Crippen molar-refractivity contribution >= 4 is 20.7 Å². The second-order valence-electron chi connectivity index (χ2n) is 4.60. The molecule has 1 aromatic carbocycles. The van der Waals surface area contributed by atoms with E-state index in [4.69, 9.17) is 16.6 Å². The standard InChI is InChI=1S/C16H25BO2P/c1-4-7-11-16(15-12-9-8-10-13-15)14-20(17,18-5-2)19-6-3/h8-10,12-14H,4-7,11H2,1-3H3/b16-14-. The molecule has 4 heteroatoms. The molecule has 0 bridgehead atoms. The Morgan fingerprint density at radius 2 is 1.70 bits per heavy atom. The molecule has 0 unspecified atom stereocenters. The summed E-state index contributed by atoms with van der Waals surface area (Å²) in [6.07, 6.45) is 3.29. The average Bonchev–Trinajstić information content (AvgIpc) is 2.45. The molecule has 0 aliphatic carbocycles. The summed E-state index contributed by atoms with van der Waals surface area (Å²) in [5.41, 5.74) is 2.43. The summed E-state index contributed by atoms with van der Waals surface area (Å²) in [7, 11) is 3.93. The van der Waals surface area contributed by atoms with Crippen LogP contribution in [0.1, 0.15) is 45.6 Å². The highest BCUT2D eigenvalue weighted by atomic mass is 31.2. The first-order chi connectivity index (χ1) is 9.65. The van der Waals surface area contributed by atoms with E-state index in [1.54, 1.807) is 0 Å². The third-order valence-corrected chi connectivity index (χ3v) is 4.94. The normalized spacial score (nSPS) is 12.7. The van der Waals surface area contributed by atoms with Crippen molar-refractivity contribution in [1.82, 2.24) is 0 Å². The molecule has 0 N–H and O–H groups in total. The Bertz CT molecular complexity index is 400. The molecule has 0 heterocycles. The van der Waals surface area contributed by atoms with Crippen LogP contribution in [0.4, 0.5) is 0 Å². The van der Waals surface area contributed by atoms with Gasteiger partial charge in [0.1, 0.15) is 0 Å². The van der Waals surface area contributed by atoms with E-state index in [0.29, 0.717) is 13.2 Å². The predicted octanol–water partition coefficient (Wildman–Crippen LogP) is 5.22. The summed E-state index contributed by atoms with van der Waals surface area (Å²) in [6.45, 7) is 7.22. The van der Waals surface area contributed by atoms with Crippen molar-refractivity contribution in [1.29, 1.82) is 0 Å². The molecule has 0 fully saturated rings. The number of unbranched alkanes of at least 4 members (excludes halogenated alkanes) is 1. The molecule has 3 radical (unpaired) electrons. The highest BCUT2D eigenvalue weighted by Crippen LogP contribution is 2.59. The third kappa shape index (κ3) is 5.79. The first-order valence-corrected chi connectivity index (χ1v) is 9.15. The molecule has 109 valence electrons. The Morgan fingerprint density at radius 3 is 2.20 bits per heavy atom. The van der Waals surface area contributed by atoms with Crippen LogP contribution in [0.3, 0.4) is 0 Å². The molecule has 0 aliphatic rings. The van der Waals surface area contributed by atoms with Crippen LogP contribution < -0.4 is 0 Å². The van der Waals surface area contributed by atoms with Gasteiger partial charge in [0.25, 0.3) is 0 Å². The molecule has 0 atom stereocenters. The lowest BCUT2D eigenvalue weighted by Gasteiger charge is -2.29. The largest absolute Gasteiger partial charge is 0.260 e. The fourth-order valence-electron chi connectivity index (χ4n) is 2.04. The van der Waals surface area contributed by atoms with Gasteiger partial charge in [-0.3, -0.25) is 9.05 Å². The van der Waals surface area contributed by atoms with E-state index in [0.717, 1.165) is 19.3 Å². The van der Waals surface area contributed by atoms with E-state index in [1.807, 2.05) is 37.9 Å². The predicted molar refractivity (Wildman–Crippen MR) is 89.9 cm³/mol. The van der Waals surface area contributed by atoms with Crippen LogP contribution in [0.15, 0.2) is 36.1 Å². The molecule has 0 aromatic heterocycles. The topological polar surface area (TPSA) is 18.5 Å². The van der Waals surface area contributed by atoms with Crippen LogP contribution >= 0.6 is 7.59 Å². The summed E-state index contributed by atoms with van der Waals surface area (Å²) >= 11 is 0. The van der Waals surface area contributed by atoms with E-state index in [1.165, 1.54) is 11.1 Å². The van der Waals surface area contributed by atoms with Crippen molar-refractivity contribution < 1.29 is 9.05 Å². The Kier molecular flexibility index (Phi) is 8.14. The summed E-state index contributed by atoms with van der Waals surface area (Å²) < 4.78 is 11.4. The van der Waals surface area contributed by atoms with Gasteiger partial charge in [-0.15, -0.1) is 0 Å². The van der Waals surface area contributed by atoms with Crippen LogP contribution in [-0.4, -0.2) is 20.8 Å². The fourth-order valence-corrected chi connectivity index (χ4v) is 3.78. The van der Waals surface area contributed by atoms with Crippen LogP contribution in [0, 0.1) is 0 Å². The number of allylic oxidation sites excluding steroid dienone is 1. The van der Waals surface area contributed by atoms with Gasteiger partial charge in [0.05, 0.1) is 19.0 Å². The lowest BCUT2D eigenvalue weighted by Crippen LogP contribution is -2.02. The molecule has 1 rings (SSSR count). The zero-order valence-electron chi connectivity index (χ0n) is 12.8. The minimum atomic E-state index is -2.39. The van der Waals surface area contributed by atoms with Crippen molar-refractivity contribution in [2.45, 2.75) is 40.0 Å². The number of rotatable bonds is 9. The maximum absolute atomic E-state index is 6.32. The summed E-state index contributed by atoms with van der Waals surface area (Å²) in [5.74, 6) is 2.03. The minimum Gasteiger partial charge on any atom is -0.260 e. The maximum atomic E-state index is 6.32. The zero-order valence-corrected chi connectivity index (χ0v) is 13.7. The van der Waals surface area contributed by atoms with Crippen LogP contribution in [0.5, 0.6) is 0 Å². The number of hydrogen-bond donors (Lipinski definition) is 0. The zero-order chi connectivity index (χ0) is 14.8. The van der Waals surface area contributed by atoms with Gasteiger partial charge in [0.15, 0.2) is 0 Å². The third-order valence-electron chi connectivity index (χ3n) is 2.94. The molecular formula is C16H25BO2P. The van der Waals surface area contributed by atoms with E-state index in [2.05, 4.69) is 19.1 Å². The average molecular weight is 291 g/mol. The van der Waals surface area contributed by atoms with Gasteiger partial charge < -0.3 is 0 Å². The quantitative estimate of drug-likeness (QED) is 0.458. The Balaban J connectivity index is 3.03. The maximum Gasteiger partial charge on any atom is 0.0852 e. The lowest BCUT2D eigenvalue weighted by atomic mass is 10.0. The fraction of sp³-hybridized carbons (Fsp3) is 0.500. The Labute approximate surface area is 125 Å². The summed E-state index contributed by atoms with van der Waals surface area (Å²) in [6, 6.07) is 10.4. The molecule has 0 saturated heterocycles. The molecule has 20 heavy (non-hydrogen) atoms. The molecule has 0 aliphatic heterocycles. The highest BCUT2D eigenvalue weighted by Gasteiger charge is 2.19. The Hall–Kier alpha value is -0.625. The smallest absolute Gasteiger partial charge is 0.0852 e. The van der Waals surface area contributed by atoms with Gasteiger partial charge in [-0.2, -0.15) is 0 Å². The molecule has 0 spiro atoms. The lowest BCUT2D eigenvalue weighted by molar-refractivity contribution is 0.270. The van der Waals surface area contributed by atoms with E-state index in [9.17, 15) is 0 Å². The number of hydrogen-bond acceptors (Lipinski definition) is 2. The van der Waals surface area contributed by atoms with E-state index < -0.39 is 7.59 Å². The first kappa shape index (κ1) is 17.4. The highest BCUT2D eigenvalue weighted by molar-refractivity contribution is 7.92. The van der Waals surface area contributed by atoms with Crippen molar-refractivity contribution in [3.8, 4) is 0 Å². The van der Waals surface area contributed by atoms with E-state index in [-0.39, 0.29) is 0 Å². The molecule has 2 nitrogen and oxygen atoms in total. The van der Waals surface area contributed by atoms with Crippen LogP contribution in [0.2, 0.25) is 0 Å². The van der Waals surface area contributed by atoms with Crippen LogP contribution in [-0.2, 0) is 9.05 Å². The second kappa shape index (κ2) is 9.34. The minimum absolute atomic E-state index is 0.566. The van der Waals surface area contributed by atoms with Crippen molar-refractivity contribution in [2.24, 2.45) is 0 Å². The second-order valence-corrected chi connectivity index (χ2v) is 6.67. The Morgan fingerprint density at radius 1 is 1.10 bits per heavy atom. The number of benzene rings is 1. The first-order valence-electron chi connectivity index (χ1n) is 7.38. The van der Waals surface area contributed by atoms with Gasteiger partial charge in [-0.25, -0.2) is 7.57 Å². The van der Waals surface area contributed by atoms with E-state index >= 15 is 0 Å². The molecule has 1 aromatic rings. The molecule has 0 saturated carbocycles. The van der Waals surface area contributed by atoms with Gasteiger partial charge in [-0.1, -0.05) is 43.7 Å². The summed E-state index contributed by atoms with van der Waals surface area (Å²) in [4.78, 5) is 0. The van der Waals surface area contributed by atoms with Crippen molar-refractivity contribution in [3.63, 3.8) is 0 Å². The van der Waals surface area contributed by atoms with Gasteiger partial charge in [-0.05, 0) is 37.8 Å². The van der Waals surface area contributed by atoms with Crippen LogP contribution in [0.25, 0.3) is 5.57 Å².